The first kappa shape index (κ1) is 17.0. The molecule has 6 heteroatoms. The SMILES string of the molecule is COc1ccccc1NC(=O)c1ccnc(N2c3ccccc3CC2C)n1. The van der Waals surface area contributed by atoms with Gasteiger partial charge in [-0.05, 0) is 43.2 Å². The third-order valence-electron chi connectivity index (χ3n) is 4.65. The van der Waals surface area contributed by atoms with Gasteiger partial charge in [-0.15, -0.1) is 0 Å². The predicted molar refractivity (Wildman–Crippen MR) is 105 cm³/mol. The number of fused-ring (bicyclic) bond motifs is 1. The van der Waals surface area contributed by atoms with Gasteiger partial charge in [0.15, 0.2) is 0 Å². The fraction of sp³-hybridized carbons (Fsp3) is 0.190. The number of nitrogens with zero attached hydrogens (tertiary/aromatic N) is 3. The largest absolute Gasteiger partial charge is 0.495 e. The Morgan fingerprint density at radius 1 is 1.15 bits per heavy atom. The second-order valence-electron chi connectivity index (χ2n) is 6.45. The Morgan fingerprint density at radius 3 is 2.78 bits per heavy atom. The molecule has 27 heavy (non-hydrogen) atoms. The van der Waals surface area contributed by atoms with Crippen molar-refractivity contribution in [3.63, 3.8) is 0 Å². The first-order valence-corrected chi connectivity index (χ1v) is 8.82. The Labute approximate surface area is 157 Å². The van der Waals surface area contributed by atoms with Gasteiger partial charge in [-0.1, -0.05) is 30.3 Å². The number of carbonyl (C=O) groups is 1. The zero-order valence-electron chi connectivity index (χ0n) is 15.2. The molecule has 4 rings (SSSR count). The molecule has 1 aliphatic rings. The lowest BCUT2D eigenvalue weighted by atomic mass is 10.1. The zero-order valence-corrected chi connectivity index (χ0v) is 15.2. The highest BCUT2D eigenvalue weighted by molar-refractivity contribution is 6.03. The van der Waals surface area contributed by atoms with Gasteiger partial charge in [-0.2, -0.15) is 0 Å². The number of carbonyl (C=O) groups excluding carboxylic acids is 1. The van der Waals surface area contributed by atoms with Crippen LogP contribution in [0.2, 0.25) is 0 Å². The smallest absolute Gasteiger partial charge is 0.274 e. The van der Waals surface area contributed by atoms with Crippen molar-refractivity contribution in [1.29, 1.82) is 0 Å². The maximum absolute atomic E-state index is 12.7. The van der Waals surface area contributed by atoms with E-state index >= 15 is 0 Å². The van der Waals surface area contributed by atoms with E-state index in [2.05, 4.69) is 39.2 Å². The molecule has 1 amide bonds. The predicted octanol–water partition coefficient (Wildman–Crippen LogP) is 3.82. The summed E-state index contributed by atoms with van der Waals surface area (Å²) < 4.78 is 5.28. The Hall–Kier alpha value is -3.41. The number of aromatic nitrogens is 2. The molecule has 2 heterocycles. The highest BCUT2D eigenvalue weighted by Gasteiger charge is 2.29. The van der Waals surface area contributed by atoms with E-state index in [1.807, 2.05) is 24.3 Å². The van der Waals surface area contributed by atoms with Crippen LogP contribution in [0.5, 0.6) is 5.75 Å². The van der Waals surface area contributed by atoms with Crippen LogP contribution in [0.1, 0.15) is 23.0 Å². The molecule has 136 valence electrons. The van der Waals surface area contributed by atoms with Crippen LogP contribution in [0.25, 0.3) is 0 Å². The maximum Gasteiger partial charge on any atom is 0.274 e. The number of anilines is 3. The van der Waals surface area contributed by atoms with Gasteiger partial charge in [0.2, 0.25) is 5.95 Å². The molecule has 2 aromatic carbocycles. The molecule has 6 nitrogen and oxygen atoms in total. The highest BCUT2D eigenvalue weighted by atomic mass is 16.5. The Bertz CT molecular complexity index is 989. The zero-order chi connectivity index (χ0) is 18.8. The van der Waals surface area contributed by atoms with Crippen LogP contribution in [0, 0.1) is 0 Å². The number of ether oxygens (including phenoxy) is 1. The molecular weight excluding hydrogens is 340 g/mol. The van der Waals surface area contributed by atoms with Crippen LogP contribution in [0.4, 0.5) is 17.3 Å². The molecule has 0 radical (unpaired) electrons. The summed E-state index contributed by atoms with van der Waals surface area (Å²) in [6, 6.07) is 17.3. The molecule has 3 aromatic rings. The molecule has 0 aliphatic carbocycles. The van der Waals surface area contributed by atoms with Gasteiger partial charge in [0, 0.05) is 17.9 Å². The Kier molecular flexibility index (Phi) is 4.46. The van der Waals surface area contributed by atoms with Gasteiger partial charge in [0.05, 0.1) is 12.8 Å². The highest BCUT2D eigenvalue weighted by Crippen LogP contribution is 2.36. The minimum atomic E-state index is -0.303. The minimum absolute atomic E-state index is 0.231. The van der Waals surface area contributed by atoms with Crippen LogP contribution in [0.3, 0.4) is 0 Å². The number of benzene rings is 2. The number of para-hydroxylation sites is 3. The van der Waals surface area contributed by atoms with Crippen molar-refractivity contribution in [3.05, 3.63) is 72.1 Å². The summed E-state index contributed by atoms with van der Waals surface area (Å²) >= 11 is 0. The lowest BCUT2D eigenvalue weighted by molar-refractivity contribution is 0.102. The fourth-order valence-electron chi connectivity index (χ4n) is 3.40. The monoisotopic (exact) mass is 360 g/mol. The molecule has 0 saturated heterocycles. The summed E-state index contributed by atoms with van der Waals surface area (Å²) in [4.78, 5) is 23.7. The summed E-state index contributed by atoms with van der Waals surface area (Å²) in [7, 11) is 1.57. The topological polar surface area (TPSA) is 67.3 Å². The second-order valence-corrected chi connectivity index (χ2v) is 6.45. The van der Waals surface area contributed by atoms with Gasteiger partial charge in [-0.25, -0.2) is 9.97 Å². The Morgan fingerprint density at radius 2 is 1.93 bits per heavy atom. The van der Waals surface area contributed by atoms with Gasteiger partial charge >= 0.3 is 0 Å². The molecule has 0 spiro atoms. The van der Waals surface area contributed by atoms with Crippen LogP contribution in [-0.2, 0) is 6.42 Å². The standard InChI is InChI=1S/C21H20N4O2/c1-14-13-15-7-3-5-9-18(15)25(14)21-22-12-11-17(24-21)20(26)23-16-8-4-6-10-19(16)27-2/h3-12,14H,13H2,1-2H3,(H,23,26). The third-order valence-corrected chi connectivity index (χ3v) is 4.65. The molecule has 1 atom stereocenters. The van der Waals surface area contributed by atoms with Crippen molar-refractivity contribution in [2.45, 2.75) is 19.4 Å². The average molecular weight is 360 g/mol. The van der Waals surface area contributed by atoms with Gasteiger partial charge in [-0.3, -0.25) is 4.79 Å². The number of methoxy groups -OCH3 is 1. The van der Waals surface area contributed by atoms with E-state index in [-0.39, 0.29) is 11.9 Å². The van der Waals surface area contributed by atoms with Crippen molar-refractivity contribution in [1.82, 2.24) is 9.97 Å². The van der Waals surface area contributed by atoms with Gasteiger partial charge in [0.1, 0.15) is 11.4 Å². The molecule has 1 unspecified atom stereocenters. The number of hydrogen-bond acceptors (Lipinski definition) is 5. The summed E-state index contributed by atoms with van der Waals surface area (Å²) in [5, 5.41) is 2.85. The van der Waals surface area contributed by atoms with Gasteiger partial charge in [0.25, 0.3) is 5.91 Å². The summed E-state index contributed by atoms with van der Waals surface area (Å²) in [5.41, 5.74) is 3.26. The van der Waals surface area contributed by atoms with Crippen molar-refractivity contribution in [2.75, 3.05) is 17.3 Å². The van der Waals surface area contributed by atoms with E-state index < -0.39 is 0 Å². The molecule has 0 fully saturated rings. The van der Waals surface area contributed by atoms with Crippen molar-refractivity contribution in [3.8, 4) is 5.75 Å². The number of nitrogens with one attached hydrogen (secondary N) is 1. The van der Waals surface area contributed by atoms with Crippen molar-refractivity contribution in [2.24, 2.45) is 0 Å². The number of rotatable bonds is 4. The minimum Gasteiger partial charge on any atom is -0.495 e. The summed E-state index contributed by atoms with van der Waals surface area (Å²) in [5.74, 6) is 0.825. The molecular formula is C21H20N4O2. The van der Waals surface area contributed by atoms with E-state index in [1.54, 1.807) is 31.5 Å². The van der Waals surface area contributed by atoms with E-state index in [0.29, 0.717) is 23.1 Å². The maximum atomic E-state index is 12.7. The lowest BCUT2D eigenvalue weighted by Gasteiger charge is -2.22. The molecule has 1 N–H and O–H groups in total. The summed E-state index contributed by atoms with van der Waals surface area (Å²) in [6.45, 7) is 2.13. The van der Waals surface area contributed by atoms with E-state index in [9.17, 15) is 4.79 Å². The Balaban J connectivity index is 1.62. The van der Waals surface area contributed by atoms with Crippen molar-refractivity contribution >= 4 is 23.2 Å². The molecule has 1 aliphatic heterocycles. The summed E-state index contributed by atoms with van der Waals surface area (Å²) in [6.07, 6.45) is 2.55. The van der Waals surface area contributed by atoms with E-state index in [1.165, 1.54) is 5.56 Å². The number of amides is 1. The van der Waals surface area contributed by atoms with E-state index in [0.717, 1.165) is 12.1 Å². The second kappa shape index (κ2) is 7.07. The quantitative estimate of drug-likeness (QED) is 0.766. The fourth-order valence-corrected chi connectivity index (χ4v) is 3.40. The van der Waals surface area contributed by atoms with E-state index in [4.69, 9.17) is 4.74 Å². The van der Waals surface area contributed by atoms with Crippen LogP contribution < -0.4 is 15.0 Å². The average Bonchev–Trinajstić information content (AvgIpc) is 3.04. The first-order chi connectivity index (χ1) is 13.2. The third kappa shape index (κ3) is 3.21. The van der Waals surface area contributed by atoms with Crippen LogP contribution in [0.15, 0.2) is 60.8 Å². The van der Waals surface area contributed by atoms with Gasteiger partial charge < -0.3 is 15.0 Å². The lowest BCUT2D eigenvalue weighted by Crippen LogP contribution is -2.27. The molecule has 0 bridgehead atoms. The molecule has 0 saturated carbocycles. The molecule has 1 aromatic heterocycles. The normalized spacial score (nSPS) is 15.3. The van der Waals surface area contributed by atoms with Crippen molar-refractivity contribution < 1.29 is 9.53 Å². The number of hydrogen-bond donors (Lipinski definition) is 1. The van der Waals surface area contributed by atoms with Crippen LogP contribution in [-0.4, -0.2) is 29.0 Å². The van der Waals surface area contributed by atoms with Crippen LogP contribution >= 0.6 is 0 Å². The first-order valence-electron chi connectivity index (χ1n) is 8.82.